The lowest BCUT2D eigenvalue weighted by molar-refractivity contribution is 0.0968. The number of carbonyl (C=O) groups excluding carboxylic acids is 1. The van der Waals surface area contributed by atoms with E-state index in [0.717, 1.165) is 23.1 Å². The molecule has 2 aromatic rings. The Hall–Kier alpha value is -1.16. The Labute approximate surface area is 138 Å². The Morgan fingerprint density at radius 1 is 1.19 bits per heavy atom. The number of carbonyl (C=O) groups is 1. The second-order valence-electron chi connectivity index (χ2n) is 5.05. The number of nitrogens with zero attached hydrogens (tertiary/aromatic N) is 1. The van der Waals surface area contributed by atoms with Crippen molar-refractivity contribution < 1.29 is 4.79 Å². The van der Waals surface area contributed by atoms with Gasteiger partial charge in [-0.3, -0.25) is 4.79 Å². The predicted octanol–water partition coefficient (Wildman–Crippen LogP) is 4.81. The van der Waals surface area contributed by atoms with Gasteiger partial charge >= 0.3 is 0 Å². The smallest absolute Gasteiger partial charge is 0.164 e. The fraction of sp³-hybridized carbons (Fsp3) is 0.235. The van der Waals surface area contributed by atoms with Crippen LogP contribution in [-0.2, 0) is 6.54 Å². The van der Waals surface area contributed by atoms with E-state index in [9.17, 15) is 4.79 Å². The van der Waals surface area contributed by atoms with Crippen molar-refractivity contribution >= 4 is 33.3 Å². The third-order valence-electron chi connectivity index (χ3n) is 3.23. The molecule has 0 radical (unpaired) electrons. The van der Waals surface area contributed by atoms with E-state index < -0.39 is 0 Å². The largest absolute Gasteiger partial charge is 0.302 e. The first-order chi connectivity index (χ1) is 10.0. The van der Waals surface area contributed by atoms with Gasteiger partial charge in [0.2, 0.25) is 0 Å². The standard InChI is InChI=1S/C17H17BrClNO/c1-20(12-13-3-2-4-15(18)11-13)10-9-17(21)14-5-7-16(19)8-6-14/h2-8,11H,9-10,12H2,1H3. The van der Waals surface area contributed by atoms with Crippen molar-refractivity contribution in [2.24, 2.45) is 0 Å². The number of Topliss-reactive ketones (excluding diaryl/α,β-unsaturated/α-hetero) is 1. The zero-order valence-electron chi connectivity index (χ0n) is 11.9. The molecule has 0 saturated carbocycles. The maximum Gasteiger partial charge on any atom is 0.164 e. The second kappa shape index (κ2) is 7.74. The highest BCUT2D eigenvalue weighted by molar-refractivity contribution is 9.10. The number of halogens is 2. The maximum absolute atomic E-state index is 12.1. The van der Waals surface area contributed by atoms with Crippen molar-refractivity contribution in [1.82, 2.24) is 4.90 Å². The minimum absolute atomic E-state index is 0.146. The minimum Gasteiger partial charge on any atom is -0.302 e. The molecule has 0 aromatic heterocycles. The van der Waals surface area contributed by atoms with Crippen LogP contribution in [0, 0.1) is 0 Å². The molecule has 21 heavy (non-hydrogen) atoms. The van der Waals surface area contributed by atoms with Gasteiger partial charge in [0.25, 0.3) is 0 Å². The number of ketones is 1. The van der Waals surface area contributed by atoms with Crippen LogP contribution in [0.4, 0.5) is 0 Å². The van der Waals surface area contributed by atoms with Crippen molar-refractivity contribution in [3.8, 4) is 0 Å². The zero-order valence-corrected chi connectivity index (χ0v) is 14.2. The highest BCUT2D eigenvalue weighted by atomic mass is 79.9. The van der Waals surface area contributed by atoms with Crippen LogP contribution in [0.1, 0.15) is 22.3 Å². The predicted molar refractivity (Wildman–Crippen MR) is 90.9 cm³/mol. The van der Waals surface area contributed by atoms with Gasteiger partial charge in [0.15, 0.2) is 5.78 Å². The van der Waals surface area contributed by atoms with Crippen LogP contribution in [0.15, 0.2) is 53.0 Å². The van der Waals surface area contributed by atoms with Crippen LogP contribution in [0.5, 0.6) is 0 Å². The molecule has 0 unspecified atom stereocenters. The fourth-order valence-electron chi connectivity index (χ4n) is 2.10. The van der Waals surface area contributed by atoms with E-state index >= 15 is 0 Å². The first kappa shape index (κ1) is 16.2. The Bertz CT molecular complexity index is 612. The first-order valence-corrected chi connectivity index (χ1v) is 7.93. The Morgan fingerprint density at radius 3 is 2.57 bits per heavy atom. The molecule has 0 saturated heterocycles. The second-order valence-corrected chi connectivity index (χ2v) is 6.40. The van der Waals surface area contributed by atoms with E-state index in [0.29, 0.717) is 11.4 Å². The van der Waals surface area contributed by atoms with Gasteiger partial charge < -0.3 is 4.90 Å². The number of hydrogen-bond donors (Lipinski definition) is 0. The third-order valence-corrected chi connectivity index (χ3v) is 3.97. The Kier molecular flexibility index (Phi) is 5.97. The molecule has 0 amide bonds. The quantitative estimate of drug-likeness (QED) is 0.684. The lowest BCUT2D eigenvalue weighted by Crippen LogP contribution is -2.21. The lowest BCUT2D eigenvalue weighted by Gasteiger charge is -2.16. The summed E-state index contributed by atoms with van der Waals surface area (Å²) in [6, 6.07) is 15.3. The molecule has 0 fully saturated rings. The van der Waals surface area contributed by atoms with Gasteiger partial charge in [0, 0.05) is 34.6 Å². The molecule has 0 spiro atoms. The molecule has 0 N–H and O–H groups in total. The molecular formula is C17H17BrClNO. The van der Waals surface area contributed by atoms with Gasteiger partial charge in [0.05, 0.1) is 0 Å². The molecule has 0 atom stereocenters. The SMILES string of the molecule is CN(CCC(=O)c1ccc(Cl)cc1)Cc1cccc(Br)c1. The number of hydrogen-bond acceptors (Lipinski definition) is 2. The van der Waals surface area contributed by atoms with Crippen LogP contribution < -0.4 is 0 Å². The fourth-order valence-corrected chi connectivity index (χ4v) is 2.67. The molecule has 0 aliphatic heterocycles. The van der Waals surface area contributed by atoms with Crippen molar-refractivity contribution in [3.63, 3.8) is 0 Å². The number of benzene rings is 2. The van der Waals surface area contributed by atoms with E-state index in [1.54, 1.807) is 24.3 Å². The summed E-state index contributed by atoms with van der Waals surface area (Å²) < 4.78 is 1.07. The molecule has 0 heterocycles. The van der Waals surface area contributed by atoms with E-state index in [2.05, 4.69) is 33.0 Å². The Morgan fingerprint density at radius 2 is 1.90 bits per heavy atom. The molecule has 2 aromatic carbocycles. The zero-order chi connectivity index (χ0) is 15.2. The van der Waals surface area contributed by atoms with Gasteiger partial charge in [-0.2, -0.15) is 0 Å². The van der Waals surface area contributed by atoms with Crippen LogP contribution in [0.3, 0.4) is 0 Å². The van der Waals surface area contributed by atoms with Gasteiger partial charge in [-0.1, -0.05) is 39.7 Å². The summed E-state index contributed by atoms with van der Waals surface area (Å²) in [5, 5.41) is 0.651. The molecular weight excluding hydrogens is 350 g/mol. The van der Waals surface area contributed by atoms with Crippen LogP contribution >= 0.6 is 27.5 Å². The highest BCUT2D eigenvalue weighted by Gasteiger charge is 2.08. The van der Waals surface area contributed by atoms with Crippen LogP contribution in [0.2, 0.25) is 5.02 Å². The minimum atomic E-state index is 0.146. The van der Waals surface area contributed by atoms with Gasteiger partial charge in [-0.05, 0) is 49.0 Å². The first-order valence-electron chi connectivity index (χ1n) is 6.76. The molecule has 0 bridgehead atoms. The van der Waals surface area contributed by atoms with E-state index in [1.165, 1.54) is 5.56 Å². The number of rotatable bonds is 6. The van der Waals surface area contributed by atoms with Crippen LogP contribution in [-0.4, -0.2) is 24.3 Å². The average Bonchev–Trinajstić information content (AvgIpc) is 2.45. The molecule has 110 valence electrons. The summed E-state index contributed by atoms with van der Waals surface area (Å²) in [6.45, 7) is 1.56. The normalized spacial score (nSPS) is 10.9. The van der Waals surface area contributed by atoms with E-state index in [-0.39, 0.29) is 5.78 Å². The van der Waals surface area contributed by atoms with Crippen molar-refractivity contribution in [2.45, 2.75) is 13.0 Å². The Balaban J connectivity index is 1.84. The highest BCUT2D eigenvalue weighted by Crippen LogP contribution is 2.14. The molecule has 4 heteroatoms. The molecule has 2 nitrogen and oxygen atoms in total. The summed E-state index contributed by atoms with van der Waals surface area (Å²) >= 11 is 9.29. The summed E-state index contributed by atoms with van der Waals surface area (Å²) in [5.74, 6) is 0.146. The van der Waals surface area contributed by atoms with Crippen molar-refractivity contribution in [1.29, 1.82) is 0 Å². The summed E-state index contributed by atoms with van der Waals surface area (Å²) in [4.78, 5) is 14.2. The molecule has 0 aliphatic carbocycles. The monoisotopic (exact) mass is 365 g/mol. The summed E-state index contributed by atoms with van der Waals surface area (Å²) in [5.41, 5.74) is 1.95. The van der Waals surface area contributed by atoms with E-state index in [1.807, 2.05) is 19.2 Å². The summed E-state index contributed by atoms with van der Waals surface area (Å²) in [7, 11) is 2.02. The lowest BCUT2D eigenvalue weighted by atomic mass is 10.1. The third kappa shape index (κ3) is 5.27. The van der Waals surface area contributed by atoms with Gasteiger partial charge in [-0.25, -0.2) is 0 Å². The topological polar surface area (TPSA) is 20.3 Å². The molecule has 2 rings (SSSR count). The average molecular weight is 367 g/mol. The van der Waals surface area contributed by atoms with E-state index in [4.69, 9.17) is 11.6 Å². The maximum atomic E-state index is 12.1. The van der Waals surface area contributed by atoms with Gasteiger partial charge in [0.1, 0.15) is 0 Å². The van der Waals surface area contributed by atoms with Crippen molar-refractivity contribution in [2.75, 3.05) is 13.6 Å². The van der Waals surface area contributed by atoms with Crippen molar-refractivity contribution in [3.05, 3.63) is 69.2 Å². The van der Waals surface area contributed by atoms with Gasteiger partial charge in [-0.15, -0.1) is 0 Å². The van der Waals surface area contributed by atoms with Crippen LogP contribution in [0.25, 0.3) is 0 Å². The summed E-state index contributed by atoms with van der Waals surface area (Å²) in [6.07, 6.45) is 0.506. The molecule has 0 aliphatic rings.